The number of hydrogen-bond acceptors (Lipinski definition) is 4. The molecule has 0 bridgehead atoms. The van der Waals surface area contributed by atoms with Crippen molar-refractivity contribution in [2.45, 2.75) is 39.8 Å². The highest BCUT2D eigenvalue weighted by atomic mass is 16.5. The predicted molar refractivity (Wildman–Crippen MR) is 76.4 cm³/mol. The first-order valence-corrected chi connectivity index (χ1v) is 6.97. The molecule has 0 spiro atoms. The van der Waals surface area contributed by atoms with Crippen molar-refractivity contribution >= 4 is 0 Å². The second-order valence-electron chi connectivity index (χ2n) is 4.92. The molecule has 0 aliphatic heterocycles. The smallest absolute Gasteiger partial charge is 0.161 e. The van der Waals surface area contributed by atoms with E-state index in [1.165, 1.54) is 0 Å². The van der Waals surface area contributed by atoms with E-state index in [9.17, 15) is 0 Å². The Hall–Kier alpha value is -1.07. The number of nitrogens with one attached hydrogen (secondary N) is 1. The highest BCUT2D eigenvalue weighted by Gasteiger charge is 2.30. The maximum absolute atomic E-state index is 5.94. The van der Waals surface area contributed by atoms with Crippen molar-refractivity contribution in [3.8, 4) is 5.75 Å². The minimum atomic E-state index is 0.0763. The largest absolute Gasteiger partial charge is 0.493 e. The molecule has 1 heterocycles. The van der Waals surface area contributed by atoms with E-state index in [2.05, 4.69) is 31.2 Å². The summed E-state index contributed by atoms with van der Waals surface area (Å²) < 4.78 is 13.2. The van der Waals surface area contributed by atoms with Crippen molar-refractivity contribution in [1.82, 2.24) is 15.1 Å². The molecule has 1 N–H and O–H groups in total. The molecule has 5 nitrogen and oxygen atoms in total. The van der Waals surface area contributed by atoms with Gasteiger partial charge in [0.05, 0.1) is 31.1 Å². The van der Waals surface area contributed by atoms with Crippen LogP contribution in [0.4, 0.5) is 0 Å². The van der Waals surface area contributed by atoms with E-state index in [0.717, 1.165) is 18.0 Å². The maximum Gasteiger partial charge on any atom is 0.161 e. The van der Waals surface area contributed by atoms with Gasteiger partial charge in [-0.1, -0.05) is 20.8 Å². The lowest BCUT2D eigenvalue weighted by Gasteiger charge is -2.31. The van der Waals surface area contributed by atoms with Crippen LogP contribution >= 0.6 is 0 Å². The minimum Gasteiger partial charge on any atom is -0.493 e. The van der Waals surface area contributed by atoms with Crippen LogP contribution in [0, 0.1) is 5.92 Å². The summed E-state index contributed by atoms with van der Waals surface area (Å²) in [5.41, 5.74) is 1.04. The molecule has 5 heteroatoms. The van der Waals surface area contributed by atoms with E-state index >= 15 is 0 Å². The highest BCUT2D eigenvalue weighted by Crippen LogP contribution is 2.30. The van der Waals surface area contributed by atoms with Gasteiger partial charge in [0.2, 0.25) is 0 Å². The van der Waals surface area contributed by atoms with Crippen molar-refractivity contribution in [2.75, 3.05) is 20.3 Å². The number of ether oxygens (including phenoxy) is 2. The number of nitrogens with zero attached hydrogens (tertiary/aromatic N) is 2. The fraction of sp³-hybridized carbons (Fsp3) is 0.786. The zero-order valence-corrected chi connectivity index (χ0v) is 12.9. The van der Waals surface area contributed by atoms with Gasteiger partial charge in [0.15, 0.2) is 5.75 Å². The van der Waals surface area contributed by atoms with Gasteiger partial charge in [-0.25, -0.2) is 0 Å². The van der Waals surface area contributed by atoms with E-state index in [-0.39, 0.29) is 12.1 Å². The number of hydrogen-bond donors (Lipinski definition) is 1. The second kappa shape index (κ2) is 7.50. The van der Waals surface area contributed by atoms with Crippen molar-refractivity contribution in [3.63, 3.8) is 0 Å². The minimum absolute atomic E-state index is 0.0763. The van der Waals surface area contributed by atoms with Crippen molar-refractivity contribution in [1.29, 1.82) is 0 Å². The molecule has 0 aliphatic rings. The van der Waals surface area contributed by atoms with E-state index in [1.807, 2.05) is 18.7 Å². The summed E-state index contributed by atoms with van der Waals surface area (Å²) in [5, 5.41) is 7.79. The third-order valence-corrected chi connectivity index (χ3v) is 3.23. The Balaban J connectivity index is 3.13. The monoisotopic (exact) mass is 269 g/mol. The maximum atomic E-state index is 5.94. The average Bonchev–Trinajstić information content (AvgIpc) is 2.74. The van der Waals surface area contributed by atoms with Crippen LogP contribution < -0.4 is 10.1 Å². The molecule has 2 atom stereocenters. The molecular formula is C14H27N3O2. The molecule has 2 unspecified atom stereocenters. The molecule has 1 aromatic heterocycles. The molecule has 110 valence electrons. The number of likely N-dealkylation sites (N-methyl/N-ethyl adjacent to an activating group) is 1. The lowest BCUT2D eigenvalue weighted by molar-refractivity contribution is 0.000780. The van der Waals surface area contributed by atoms with Crippen LogP contribution in [0.2, 0.25) is 0 Å². The van der Waals surface area contributed by atoms with Gasteiger partial charge in [-0.2, -0.15) is 5.10 Å². The lowest BCUT2D eigenvalue weighted by Crippen LogP contribution is -2.38. The molecule has 0 amide bonds. The molecule has 0 aromatic carbocycles. The Morgan fingerprint density at radius 1 is 1.37 bits per heavy atom. The van der Waals surface area contributed by atoms with Crippen molar-refractivity contribution < 1.29 is 9.47 Å². The van der Waals surface area contributed by atoms with E-state index in [1.54, 1.807) is 13.3 Å². The van der Waals surface area contributed by atoms with Crippen molar-refractivity contribution in [2.24, 2.45) is 13.0 Å². The molecule has 0 aliphatic carbocycles. The topological polar surface area (TPSA) is 48.3 Å². The van der Waals surface area contributed by atoms with Crippen LogP contribution in [0.5, 0.6) is 5.75 Å². The molecule has 19 heavy (non-hydrogen) atoms. The van der Waals surface area contributed by atoms with Crippen LogP contribution in [-0.2, 0) is 11.8 Å². The highest BCUT2D eigenvalue weighted by molar-refractivity contribution is 5.29. The van der Waals surface area contributed by atoms with Crippen LogP contribution in [0.15, 0.2) is 6.20 Å². The van der Waals surface area contributed by atoms with Crippen LogP contribution in [-0.4, -0.2) is 36.1 Å². The number of rotatable bonds is 8. The van der Waals surface area contributed by atoms with Crippen molar-refractivity contribution in [3.05, 3.63) is 11.9 Å². The summed E-state index contributed by atoms with van der Waals surface area (Å²) in [7, 11) is 3.61. The van der Waals surface area contributed by atoms with Gasteiger partial charge >= 0.3 is 0 Å². The Morgan fingerprint density at radius 2 is 2.05 bits per heavy atom. The Labute approximate surface area is 116 Å². The average molecular weight is 269 g/mol. The third kappa shape index (κ3) is 3.70. The van der Waals surface area contributed by atoms with Gasteiger partial charge < -0.3 is 14.8 Å². The lowest BCUT2D eigenvalue weighted by atomic mass is 9.96. The van der Waals surface area contributed by atoms with Gasteiger partial charge in [-0.05, 0) is 19.4 Å². The Kier molecular flexibility index (Phi) is 6.31. The SMILES string of the molecule is CCNC(c1c(OC)cnn1C)C(OCC)C(C)C. The first-order valence-electron chi connectivity index (χ1n) is 6.97. The van der Waals surface area contributed by atoms with Gasteiger partial charge in [0.25, 0.3) is 0 Å². The Morgan fingerprint density at radius 3 is 2.53 bits per heavy atom. The number of aryl methyl sites for hydroxylation is 1. The van der Waals surface area contributed by atoms with Crippen LogP contribution in [0.3, 0.4) is 0 Å². The molecule has 0 saturated carbocycles. The quantitative estimate of drug-likeness (QED) is 0.785. The first-order chi connectivity index (χ1) is 9.06. The Bertz CT molecular complexity index is 377. The fourth-order valence-electron chi connectivity index (χ4n) is 2.39. The van der Waals surface area contributed by atoms with E-state index in [0.29, 0.717) is 12.5 Å². The number of aromatic nitrogens is 2. The van der Waals surface area contributed by atoms with Gasteiger partial charge in [0.1, 0.15) is 0 Å². The summed E-state index contributed by atoms with van der Waals surface area (Å²) >= 11 is 0. The van der Waals surface area contributed by atoms with Gasteiger partial charge in [0, 0.05) is 13.7 Å². The molecule has 0 radical (unpaired) electrons. The summed E-state index contributed by atoms with van der Waals surface area (Å²) in [5.74, 6) is 1.21. The zero-order valence-electron chi connectivity index (χ0n) is 12.9. The zero-order chi connectivity index (χ0) is 14.4. The fourth-order valence-corrected chi connectivity index (χ4v) is 2.39. The first kappa shape index (κ1) is 16.0. The molecule has 1 rings (SSSR count). The van der Waals surface area contributed by atoms with Crippen LogP contribution in [0.25, 0.3) is 0 Å². The van der Waals surface area contributed by atoms with Gasteiger partial charge in [-0.3, -0.25) is 4.68 Å². The summed E-state index contributed by atoms with van der Waals surface area (Å²) in [6.07, 6.45) is 1.84. The molecule has 0 saturated heterocycles. The summed E-state index contributed by atoms with van der Waals surface area (Å²) in [6, 6.07) is 0.0763. The predicted octanol–water partition coefficient (Wildman–Crippen LogP) is 2.14. The molecular weight excluding hydrogens is 242 g/mol. The summed E-state index contributed by atoms with van der Waals surface area (Å²) in [4.78, 5) is 0. The normalized spacial score (nSPS) is 14.7. The van der Waals surface area contributed by atoms with Gasteiger partial charge in [-0.15, -0.1) is 0 Å². The van der Waals surface area contributed by atoms with E-state index < -0.39 is 0 Å². The number of methoxy groups -OCH3 is 1. The standard InChI is InChI=1S/C14H27N3O2/c1-7-15-12(14(10(3)4)19-8-2)13-11(18-6)9-16-17(13)5/h9-10,12,14-15H,7-8H2,1-6H3. The molecule has 1 aromatic rings. The molecule has 0 fully saturated rings. The summed E-state index contributed by atoms with van der Waals surface area (Å²) in [6.45, 7) is 10.0. The third-order valence-electron chi connectivity index (χ3n) is 3.23. The van der Waals surface area contributed by atoms with E-state index in [4.69, 9.17) is 9.47 Å². The second-order valence-corrected chi connectivity index (χ2v) is 4.92. The van der Waals surface area contributed by atoms with Crippen LogP contribution in [0.1, 0.15) is 39.4 Å².